The lowest BCUT2D eigenvalue weighted by Crippen LogP contribution is -2.46. The Morgan fingerprint density at radius 3 is 2.47 bits per heavy atom. The normalized spacial score (nSPS) is 15.4. The molecular weight excluding hydrogens is 266 g/mol. The van der Waals surface area contributed by atoms with Gasteiger partial charge in [0.1, 0.15) is 6.04 Å². The van der Waals surface area contributed by atoms with Crippen molar-refractivity contribution in [2.45, 2.75) is 44.9 Å². The highest BCUT2D eigenvalue weighted by atomic mass is 32.2. The Bertz CT molecular complexity index is 286. The van der Waals surface area contributed by atoms with E-state index >= 15 is 0 Å². The number of hydrogen-bond donors (Lipinski definition) is 2. The molecule has 0 aliphatic rings. The summed E-state index contributed by atoms with van der Waals surface area (Å²) >= 11 is 1.47. The zero-order chi connectivity index (χ0) is 14.8. The third-order valence-corrected chi connectivity index (χ3v) is 4.25. The first-order valence-corrected chi connectivity index (χ1v) is 7.60. The van der Waals surface area contributed by atoms with Crippen molar-refractivity contribution in [3.05, 3.63) is 0 Å². The molecule has 2 N–H and O–H groups in total. The minimum absolute atomic E-state index is 0.0382. The number of carbonyl (C=O) groups excluding carboxylic acids is 2. The van der Waals surface area contributed by atoms with Gasteiger partial charge < -0.3 is 15.2 Å². The van der Waals surface area contributed by atoms with Gasteiger partial charge in [-0.3, -0.25) is 4.79 Å². The lowest BCUT2D eigenvalue weighted by molar-refractivity contribution is -0.146. The van der Waals surface area contributed by atoms with Crippen molar-refractivity contribution in [3.63, 3.8) is 0 Å². The topological polar surface area (TPSA) is 75.6 Å². The van der Waals surface area contributed by atoms with Gasteiger partial charge in [0, 0.05) is 11.9 Å². The maximum Gasteiger partial charge on any atom is 0.328 e. The first-order valence-electron chi connectivity index (χ1n) is 6.55. The predicted octanol–water partition coefficient (Wildman–Crippen LogP) is 1.19. The molecular formula is C13H25NO4S. The molecule has 0 saturated carbocycles. The average Bonchev–Trinajstić information content (AvgIpc) is 2.41. The van der Waals surface area contributed by atoms with Crippen LogP contribution in [0.2, 0.25) is 0 Å². The number of esters is 1. The van der Waals surface area contributed by atoms with E-state index in [1.54, 1.807) is 0 Å². The van der Waals surface area contributed by atoms with Crippen molar-refractivity contribution in [2.24, 2.45) is 5.92 Å². The Kier molecular flexibility index (Phi) is 9.69. The molecule has 0 heterocycles. The summed E-state index contributed by atoms with van der Waals surface area (Å²) in [4.78, 5) is 23.4. The summed E-state index contributed by atoms with van der Waals surface area (Å²) in [6, 6.07) is -0.587. The summed E-state index contributed by atoms with van der Waals surface area (Å²) in [5.41, 5.74) is 0. The standard InChI is InChI=1S/C13H25NO4S/c1-5-9(2)12(13(17)18-4)14-11(16)8-19-10(3)6-7-15/h9-10,12,15H,5-8H2,1-4H3,(H,14,16). The molecule has 0 aliphatic carbocycles. The highest BCUT2D eigenvalue weighted by molar-refractivity contribution is 8.00. The monoisotopic (exact) mass is 291 g/mol. The highest BCUT2D eigenvalue weighted by Crippen LogP contribution is 2.14. The zero-order valence-corrected chi connectivity index (χ0v) is 13.0. The van der Waals surface area contributed by atoms with Crippen molar-refractivity contribution in [2.75, 3.05) is 19.5 Å². The Morgan fingerprint density at radius 2 is 2.00 bits per heavy atom. The first-order chi connectivity index (χ1) is 8.96. The Morgan fingerprint density at radius 1 is 1.37 bits per heavy atom. The van der Waals surface area contributed by atoms with Crippen molar-refractivity contribution < 1.29 is 19.4 Å². The summed E-state index contributed by atoms with van der Waals surface area (Å²) in [5, 5.41) is 11.7. The maximum absolute atomic E-state index is 11.8. The molecule has 19 heavy (non-hydrogen) atoms. The van der Waals surface area contributed by atoms with Gasteiger partial charge in [-0.15, -0.1) is 11.8 Å². The molecule has 0 rings (SSSR count). The van der Waals surface area contributed by atoms with Gasteiger partial charge in [-0.1, -0.05) is 27.2 Å². The molecule has 3 unspecified atom stereocenters. The number of hydrogen-bond acceptors (Lipinski definition) is 5. The number of amides is 1. The van der Waals surface area contributed by atoms with Crippen LogP contribution in [-0.4, -0.2) is 47.7 Å². The van der Waals surface area contributed by atoms with Crippen molar-refractivity contribution >= 4 is 23.6 Å². The van der Waals surface area contributed by atoms with E-state index in [0.717, 1.165) is 6.42 Å². The first kappa shape index (κ1) is 18.2. The van der Waals surface area contributed by atoms with Crippen LogP contribution >= 0.6 is 11.8 Å². The summed E-state index contributed by atoms with van der Waals surface area (Å²) in [5.74, 6) is -0.261. The number of nitrogens with one attached hydrogen (secondary N) is 1. The number of methoxy groups -OCH3 is 1. The van der Waals surface area contributed by atoms with Crippen molar-refractivity contribution in [1.82, 2.24) is 5.32 Å². The Balaban J connectivity index is 4.27. The van der Waals surface area contributed by atoms with Crippen LogP contribution in [0.3, 0.4) is 0 Å². The molecule has 0 fully saturated rings. The zero-order valence-electron chi connectivity index (χ0n) is 12.1. The molecule has 0 aliphatic heterocycles. The summed E-state index contributed by atoms with van der Waals surface area (Å²) in [6.45, 7) is 5.95. The smallest absolute Gasteiger partial charge is 0.328 e. The molecule has 0 bridgehead atoms. The molecule has 5 nitrogen and oxygen atoms in total. The number of ether oxygens (including phenoxy) is 1. The van der Waals surface area contributed by atoms with Crippen LogP contribution < -0.4 is 5.32 Å². The van der Waals surface area contributed by atoms with Crippen LogP contribution in [0.5, 0.6) is 0 Å². The van der Waals surface area contributed by atoms with E-state index in [-0.39, 0.29) is 29.4 Å². The van der Waals surface area contributed by atoms with Crippen LogP contribution in [-0.2, 0) is 14.3 Å². The van der Waals surface area contributed by atoms with Gasteiger partial charge in [-0.25, -0.2) is 4.79 Å². The molecule has 112 valence electrons. The Hall–Kier alpha value is -0.750. The molecule has 0 aromatic heterocycles. The van der Waals surface area contributed by atoms with Gasteiger partial charge in [0.05, 0.1) is 12.9 Å². The second-order valence-corrected chi connectivity index (χ2v) is 6.01. The number of carbonyl (C=O) groups is 2. The van der Waals surface area contributed by atoms with Gasteiger partial charge in [0.2, 0.25) is 5.91 Å². The van der Waals surface area contributed by atoms with Gasteiger partial charge in [0.15, 0.2) is 0 Å². The summed E-state index contributed by atoms with van der Waals surface area (Å²) in [7, 11) is 1.32. The Labute approximate surface area is 119 Å². The fourth-order valence-electron chi connectivity index (χ4n) is 1.49. The summed E-state index contributed by atoms with van der Waals surface area (Å²) < 4.78 is 4.71. The molecule has 6 heteroatoms. The van der Waals surface area contributed by atoms with E-state index in [0.29, 0.717) is 6.42 Å². The van der Waals surface area contributed by atoms with E-state index in [1.807, 2.05) is 20.8 Å². The van der Waals surface area contributed by atoms with Crippen LogP contribution in [0.1, 0.15) is 33.6 Å². The summed E-state index contributed by atoms with van der Waals surface area (Å²) in [6.07, 6.45) is 1.44. The lowest BCUT2D eigenvalue weighted by Gasteiger charge is -2.22. The third kappa shape index (κ3) is 7.42. The fourth-order valence-corrected chi connectivity index (χ4v) is 2.29. The minimum atomic E-state index is -0.587. The fraction of sp³-hybridized carbons (Fsp3) is 0.846. The highest BCUT2D eigenvalue weighted by Gasteiger charge is 2.26. The quantitative estimate of drug-likeness (QED) is 0.624. The molecule has 3 atom stereocenters. The largest absolute Gasteiger partial charge is 0.467 e. The van der Waals surface area contributed by atoms with Crippen molar-refractivity contribution in [1.29, 1.82) is 0 Å². The molecule has 1 amide bonds. The molecule has 0 saturated heterocycles. The van der Waals surface area contributed by atoms with Gasteiger partial charge in [0.25, 0.3) is 0 Å². The van der Waals surface area contributed by atoms with E-state index in [9.17, 15) is 9.59 Å². The SMILES string of the molecule is CCC(C)C(NC(=O)CSC(C)CCO)C(=O)OC. The van der Waals surface area contributed by atoms with E-state index in [1.165, 1.54) is 18.9 Å². The van der Waals surface area contributed by atoms with Gasteiger partial charge >= 0.3 is 5.97 Å². The second-order valence-electron chi connectivity index (χ2n) is 4.59. The number of thioether (sulfide) groups is 1. The van der Waals surface area contributed by atoms with Gasteiger partial charge in [-0.2, -0.15) is 0 Å². The van der Waals surface area contributed by atoms with Crippen molar-refractivity contribution in [3.8, 4) is 0 Å². The third-order valence-electron chi connectivity index (χ3n) is 3.02. The average molecular weight is 291 g/mol. The van der Waals surface area contributed by atoms with E-state index in [4.69, 9.17) is 9.84 Å². The molecule has 0 aromatic carbocycles. The van der Waals surface area contributed by atoms with E-state index in [2.05, 4.69) is 5.32 Å². The van der Waals surface area contributed by atoms with E-state index < -0.39 is 12.0 Å². The lowest BCUT2D eigenvalue weighted by atomic mass is 9.99. The minimum Gasteiger partial charge on any atom is -0.467 e. The molecule has 0 spiro atoms. The number of aliphatic hydroxyl groups is 1. The maximum atomic E-state index is 11.8. The van der Waals surface area contributed by atoms with Crippen LogP contribution in [0.15, 0.2) is 0 Å². The van der Waals surface area contributed by atoms with Crippen LogP contribution in [0, 0.1) is 5.92 Å². The molecule has 0 radical (unpaired) electrons. The molecule has 0 aromatic rings. The number of aliphatic hydroxyl groups excluding tert-OH is 1. The van der Waals surface area contributed by atoms with Crippen LogP contribution in [0.25, 0.3) is 0 Å². The second kappa shape index (κ2) is 10.1. The van der Waals surface area contributed by atoms with Crippen LogP contribution in [0.4, 0.5) is 0 Å². The van der Waals surface area contributed by atoms with Gasteiger partial charge in [-0.05, 0) is 12.3 Å². The predicted molar refractivity (Wildman–Crippen MR) is 77.0 cm³/mol. The number of rotatable bonds is 9.